The maximum Gasteiger partial charge on any atom is 0.325 e. The van der Waals surface area contributed by atoms with E-state index >= 15 is 0 Å². The van der Waals surface area contributed by atoms with Gasteiger partial charge in [-0.2, -0.15) is 5.10 Å². The largest absolute Gasteiger partial charge is 0.325 e. The van der Waals surface area contributed by atoms with E-state index in [1.54, 1.807) is 41.3 Å². The SMILES string of the molecule is CC1CCC2(CC1)NC(=O)N(CC(=O)Nc1cc(Cl)ccc1-n1cccn1)C2=O. The van der Waals surface area contributed by atoms with Crippen LogP contribution >= 0.6 is 11.6 Å². The number of aromatic nitrogens is 2. The number of rotatable bonds is 4. The predicted octanol–water partition coefficient (Wildman–Crippen LogP) is 2.96. The maximum absolute atomic E-state index is 12.9. The Labute approximate surface area is 173 Å². The van der Waals surface area contributed by atoms with Crippen molar-refractivity contribution in [2.75, 3.05) is 11.9 Å². The van der Waals surface area contributed by atoms with Crippen LogP contribution in [0.1, 0.15) is 32.6 Å². The monoisotopic (exact) mass is 415 g/mol. The summed E-state index contributed by atoms with van der Waals surface area (Å²) in [4.78, 5) is 39.0. The van der Waals surface area contributed by atoms with Crippen molar-refractivity contribution in [1.82, 2.24) is 20.0 Å². The van der Waals surface area contributed by atoms with Gasteiger partial charge in [-0.1, -0.05) is 18.5 Å². The summed E-state index contributed by atoms with van der Waals surface area (Å²) in [7, 11) is 0. The van der Waals surface area contributed by atoms with Crippen LogP contribution in [-0.4, -0.2) is 44.6 Å². The number of urea groups is 1. The van der Waals surface area contributed by atoms with Crippen molar-refractivity contribution >= 4 is 35.1 Å². The zero-order valence-corrected chi connectivity index (χ0v) is 16.8. The standard InChI is InChI=1S/C20H22ClN5O3/c1-13-5-7-20(8-6-13)18(28)25(19(29)24-20)12-17(27)23-15-11-14(21)3-4-16(15)26-10-2-9-22-26/h2-4,9-11,13H,5-8,12H2,1H3,(H,23,27)(H,24,29). The Hall–Kier alpha value is -2.87. The van der Waals surface area contributed by atoms with Gasteiger partial charge in [-0.3, -0.25) is 14.5 Å². The van der Waals surface area contributed by atoms with Gasteiger partial charge in [0.1, 0.15) is 12.1 Å². The maximum atomic E-state index is 12.9. The second-order valence-corrected chi connectivity index (χ2v) is 8.18. The minimum atomic E-state index is -0.861. The van der Waals surface area contributed by atoms with Crippen LogP contribution in [0.15, 0.2) is 36.7 Å². The third-order valence-corrected chi connectivity index (χ3v) is 5.89. The highest BCUT2D eigenvalue weighted by Gasteiger charge is 2.52. The average Bonchev–Trinajstić information content (AvgIpc) is 3.28. The van der Waals surface area contributed by atoms with E-state index in [4.69, 9.17) is 11.6 Å². The summed E-state index contributed by atoms with van der Waals surface area (Å²) in [5, 5.41) is 10.2. The summed E-state index contributed by atoms with van der Waals surface area (Å²) in [5.41, 5.74) is 0.210. The second-order valence-electron chi connectivity index (χ2n) is 7.75. The van der Waals surface area contributed by atoms with Gasteiger partial charge in [0.2, 0.25) is 5.91 Å². The molecule has 152 valence electrons. The predicted molar refractivity (Wildman–Crippen MR) is 108 cm³/mol. The quantitative estimate of drug-likeness (QED) is 0.750. The number of hydrogen-bond donors (Lipinski definition) is 2. The molecule has 0 unspecified atom stereocenters. The van der Waals surface area contributed by atoms with Gasteiger partial charge < -0.3 is 10.6 Å². The van der Waals surface area contributed by atoms with Crippen molar-refractivity contribution in [3.8, 4) is 5.69 Å². The topological polar surface area (TPSA) is 96.3 Å². The molecule has 1 aliphatic heterocycles. The van der Waals surface area contributed by atoms with Crippen LogP contribution < -0.4 is 10.6 Å². The number of carbonyl (C=O) groups excluding carboxylic acids is 3. The number of halogens is 1. The van der Waals surface area contributed by atoms with Crippen LogP contribution in [0.25, 0.3) is 5.69 Å². The first-order chi connectivity index (χ1) is 13.9. The molecular formula is C20H22ClN5O3. The molecule has 4 rings (SSSR count). The summed E-state index contributed by atoms with van der Waals surface area (Å²) >= 11 is 6.08. The van der Waals surface area contributed by atoms with E-state index in [9.17, 15) is 14.4 Å². The van der Waals surface area contributed by atoms with Gasteiger partial charge in [0, 0.05) is 17.4 Å². The van der Waals surface area contributed by atoms with Crippen LogP contribution in [0, 0.1) is 5.92 Å². The summed E-state index contributed by atoms with van der Waals surface area (Å²) in [5.74, 6) is -0.264. The minimum Gasteiger partial charge on any atom is -0.323 e. The lowest BCUT2D eigenvalue weighted by Gasteiger charge is -2.33. The molecule has 8 nitrogen and oxygen atoms in total. The van der Waals surface area contributed by atoms with E-state index in [2.05, 4.69) is 22.7 Å². The Balaban J connectivity index is 1.49. The van der Waals surface area contributed by atoms with Crippen molar-refractivity contribution in [2.45, 2.75) is 38.1 Å². The van der Waals surface area contributed by atoms with Crippen LogP contribution in [0.5, 0.6) is 0 Å². The Bertz CT molecular complexity index is 951. The van der Waals surface area contributed by atoms with E-state index in [0.717, 1.165) is 17.7 Å². The normalized spacial score (nSPS) is 24.1. The zero-order chi connectivity index (χ0) is 20.6. The van der Waals surface area contributed by atoms with Crippen molar-refractivity contribution in [1.29, 1.82) is 0 Å². The van der Waals surface area contributed by atoms with Crippen molar-refractivity contribution in [2.24, 2.45) is 5.92 Å². The molecule has 2 aliphatic rings. The third-order valence-electron chi connectivity index (χ3n) is 5.66. The van der Waals surface area contributed by atoms with Gasteiger partial charge in [0.15, 0.2) is 0 Å². The molecule has 2 heterocycles. The van der Waals surface area contributed by atoms with E-state index in [1.807, 2.05) is 0 Å². The summed E-state index contributed by atoms with van der Waals surface area (Å²) in [6, 6.07) is 6.28. The lowest BCUT2D eigenvalue weighted by molar-refractivity contribution is -0.135. The number of nitrogens with one attached hydrogen (secondary N) is 2. The summed E-state index contributed by atoms with van der Waals surface area (Å²) in [6.07, 6.45) is 6.33. The van der Waals surface area contributed by atoms with Crippen LogP contribution in [0.4, 0.5) is 10.5 Å². The van der Waals surface area contributed by atoms with Gasteiger partial charge in [-0.25, -0.2) is 9.48 Å². The number of carbonyl (C=O) groups is 3. The van der Waals surface area contributed by atoms with E-state index in [1.165, 1.54) is 0 Å². The third kappa shape index (κ3) is 3.72. The van der Waals surface area contributed by atoms with Gasteiger partial charge in [0.05, 0.1) is 11.4 Å². The smallest absolute Gasteiger partial charge is 0.323 e. The molecule has 1 spiro atoms. The molecule has 1 saturated carbocycles. The Morgan fingerprint density at radius 2 is 2.10 bits per heavy atom. The van der Waals surface area contributed by atoms with Crippen LogP contribution in [0.2, 0.25) is 5.02 Å². The van der Waals surface area contributed by atoms with Crippen molar-refractivity contribution < 1.29 is 14.4 Å². The number of benzene rings is 1. The number of nitrogens with zero attached hydrogens (tertiary/aromatic N) is 3. The van der Waals surface area contributed by atoms with Crippen LogP contribution in [0.3, 0.4) is 0 Å². The molecule has 1 aromatic carbocycles. The number of amides is 4. The number of imide groups is 1. The fourth-order valence-corrected chi connectivity index (χ4v) is 4.14. The first kappa shape index (κ1) is 19.4. The lowest BCUT2D eigenvalue weighted by atomic mass is 9.77. The molecule has 0 atom stereocenters. The molecule has 1 aliphatic carbocycles. The molecule has 2 fully saturated rings. The first-order valence-corrected chi connectivity index (χ1v) is 9.99. The van der Waals surface area contributed by atoms with E-state index < -0.39 is 17.5 Å². The molecule has 0 radical (unpaired) electrons. The molecule has 29 heavy (non-hydrogen) atoms. The average molecular weight is 416 g/mol. The fourth-order valence-electron chi connectivity index (χ4n) is 3.97. The van der Waals surface area contributed by atoms with E-state index in [-0.39, 0.29) is 12.5 Å². The molecule has 1 saturated heterocycles. The molecule has 4 amide bonds. The Kier molecular flexibility index (Phi) is 5.04. The van der Waals surface area contributed by atoms with Crippen molar-refractivity contribution in [3.05, 3.63) is 41.7 Å². The minimum absolute atomic E-state index is 0.317. The number of hydrogen-bond acceptors (Lipinski definition) is 4. The fraction of sp³-hybridized carbons (Fsp3) is 0.400. The summed E-state index contributed by atoms with van der Waals surface area (Å²) < 4.78 is 1.60. The lowest BCUT2D eigenvalue weighted by Crippen LogP contribution is -2.49. The van der Waals surface area contributed by atoms with Gasteiger partial charge in [0.25, 0.3) is 5.91 Å². The molecule has 0 bridgehead atoms. The van der Waals surface area contributed by atoms with E-state index in [0.29, 0.717) is 35.2 Å². The van der Waals surface area contributed by atoms with Crippen LogP contribution in [-0.2, 0) is 9.59 Å². The Morgan fingerprint density at radius 1 is 1.34 bits per heavy atom. The molecular weight excluding hydrogens is 394 g/mol. The highest BCUT2D eigenvalue weighted by atomic mass is 35.5. The van der Waals surface area contributed by atoms with Gasteiger partial charge in [-0.15, -0.1) is 0 Å². The highest BCUT2D eigenvalue weighted by molar-refractivity contribution is 6.31. The zero-order valence-electron chi connectivity index (χ0n) is 16.0. The molecule has 2 aromatic rings. The molecule has 9 heteroatoms. The molecule has 2 N–H and O–H groups in total. The first-order valence-electron chi connectivity index (χ1n) is 9.61. The highest BCUT2D eigenvalue weighted by Crippen LogP contribution is 2.36. The van der Waals surface area contributed by atoms with Gasteiger partial charge >= 0.3 is 6.03 Å². The van der Waals surface area contributed by atoms with Gasteiger partial charge in [-0.05, 0) is 55.9 Å². The number of anilines is 1. The second kappa shape index (κ2) is 7.51. The summed E-state index contributed by atoms with van der Waals surface area (Å²) in [6.45, 7) is 1.79. The molecule has 1 aromatic heterocycles. The Morgan fingerprint density at radius 3 is 2.79 bits per heavy atom. The van der Waals surface area contributed by atoms with Crippen molar-refractivity contribution in [3.63, 3.8) is 0 Å².